The normalized spacial score (nSPS) is 17.0. The molecule has 1 aliphatic carbocycles. The van der Waals surface area contributed by atoms with Crippen LogP contribution in [0.4, 0.5) is 0 Å². The number of rotatable bonds is 10. The summed E-state index contributed by atoms with van der Waals surface area (Å²) in [5.74, 6) is 0.789. The average Bonchev–Trinajstić information content (AvgIpc) is 3.12. The lowest BCUT2D eigenvalue weighted by Crippen LogP contribution is -2.40. The maximum Gasteiger partial charge on any atom is 0.192 e. The van der Waals surface area contributed by atoms with E-state index in [9.17, 15) is 0 Å². The maximum absolute atomic E-state index is 6.80. The van der Waals surface area contributed by atoms with Gasteiger partial charge in [-0.1, -0.05) is 68.4 Å². The summed E-state index contributed by atoms with van der Waals surface area (Å²) >= 11 is 19.2. The van der Waals surface area contributed by atoms with Crippen molar-refractivity contribution >= 4 is 43.1 Å². The monoisotopic (exact) mass is 435 g/mol. The average molecular weight is 437 g/mol. The Hall–Kier alpha value is 0.227. The zero-order valence-corrected chi connectivity index (χ0v) is 19.5. The SMILES string of the molecule is CC[Si](CC)(CC)OC(CNCC1CCCC1)c1c(Cl)cc(Cl)cc1Cl. The summed E-state index contributed by atoms with van der Waals surface area (Å²) < 4.78 is 6.80. The van der Waals surface area contributed by atoms with Gasteiger partial charge >= 0.3 is 0 Å². The van der Waals surface area contributed by atoms with Gasteiger partial charge in [0.1, 0.15) is 0 Å². The van der Waals surface area contributed by atoms with Crippen molar-refractivity contribution in [3.63, 3.8) is 0 Å². The number of hydrogen-bond acceptors (Lipinski definition) is 2. The van der Waals surface area contributed by atoms with Gasteiger partial charge in [0.2, 0.25) is 0 Å². The van der Waals surface area contributed by atoms with Crippen LogP contribution in [-0.4, -0.2) is 21.4 Å². The third kappa shape index (κ3) is 5.86. The van der Waals surface area contributed by atoms with Crippen molar-refractivity contribution in [3.05, 3.63) is 32.8 Å². The van der Waals surface area contributed by atoms with Crippen LogP contribution in [0.25, 0.3) is 0 Å². The van der Waals surface area contributed by atoms with Crippen LogP contribution in [0, 0.1) is 5.92 Å². The van der Waals surface area contributed by atoms with Gasteiger partial charge < -0.3 is 9.74 Å². The first-order valence-corrected chi connectivity index (χ1v) is 13.6. The Labute approximate surface area is 175 Å². The molecule has 1 fully saturated rings. The molecular weight excluding hydrogens is 405 g/mol. The van der Waals surface area contributed by atoms with Crippen molar-refractivity contribution in [2.75, 3.05) is 13.1 Å². The van der Waals surface area contributed by atoms with Crippen LogP contribution >= 0.6 is 34.8 Å². The van der Waals surface area contributed by atoms with Crippen LogP contribution < -0.4 is 5.32 Å². The quantitative estimate of drug-likeness (QED) is 0.383. The van der Waals surface area contributed by atoms with Crippen LogP contribution in [0.15, 0.2) is 12.1 Å². The molecule has 2 nitrogen and oxygen atoms in total. The summed E-state index contributed by atoms with van der Waals surface area (Å²) in [6, 6.07) is 6.83. The number of hydrogen-bond donors (Lipinski definition) is 1. The van der Waals surface area contributed by atoms with Crippen LogP contribution in [0.3, 0.4) is 0 Å². The van der Waals surface area contributed by atoms with Crippen LogP contribution in [0.1, 0.15) is 58.1 Å². The lowest BCUT2D eigenvalue weighted by molar-refractivity contribution is 0.184. The van der Waals surface area contributed by atoms with Crippen molar-refractivity contribution < 1.29 is 4.43 Å². The molecule has 6 heteroatoms. The number of nitrogens with one attached hydrogen (secondary N) is 1. The first-order chi connectivity index (χ1) is 12.4. The molecule has 0 radical (unpaired) electrons. The summed E-state index contributed by atoms with van der Waals surface area (Å²) in [6.07, 6.45) is 5.26. The molecule has 0 saturated heterocycles. The van der Waals surface area contributed by atoms with E-state index in [0.29, 0.717) is 15.1 Å². The van der Waals surface area contributed by atoms with E-state index in [1.807, 2.05) is 0 Å². The highest BCUT2D eigenvalue weighted by Crippen LogP contribution is 2.38. The van der Waals surface area contributed by atoms with Gasteiger partial charge in [-0.3, -0.25) is 0 Å². The Morgan fingerprint density at radius 3 is 2.08 bits per heavy atom. The fraction of sp³-hybridized carbons (Fsp3) is 0.700. The summed E-state index contributed by atoms with van der Waals surface area (Å²) in [5.41, 5.74) is 0.879. The molecule has 2 rings (SSSR count). The predicted octanol–water partition coefficient (Wildman–Crippen LogP) is 7.49. The summed E-state index contributed by atoms with van der Waals surface area (Å²) in [4.78, 5) is 0. The van der Waals surface area contributed by atoms with Crippen molar-refractivity contribution in [1.29, 1.82) is 0 Å². The molecule has 1 atom stereocenters. The zero-order chi connectivity index (χ0) is 19.2. The Bertz CT molecular complexity index is 543. The van der Waals surface area contributed by atoms with Crippen molar-refractivity contribution in [2.45, 2.75) is 70.7 Å². The van der Waals surface area contributed by atoms with Gasteiger partial charge in [0.25, 0.3) is 0 Å². The molecule has 1 aromatic carbocycles. The Balaban J connectivity index is 2.20. The molecule has 0 bridgehead atoms. The summed E-state index contributed by atoms with van der Waals surface area (Å²) in [5, 5.41) is 5.40. The molecule has 0 spiro atoms. The lowest BCUT2D eigenvalue weighted by atomic mass is 10.1. The van der Waals surface area contributed by atoms with Gasteiger partial charge in [0.05, 0.1) is 6.10 Å². The molecule has 26 heavy (non-hydrogen) atoms. The van der Waals surface area contributed by atoms with E-state index in [1.54, 1.807) is 12.1 Å². The third-order valence-electron chi connectivity index (χ3n) is 5.93. The molecule has 0 heterocycles. The standard InChI is InChI=1S/C20H32Cl3NOSi/c1-4-26(5-2,6-3)25-19(14-24-13-15-9-7-8-10-15)20-17(22)11-16(21)12-18(20)23/h11-12,15,19,24H,4-10,13-14H2,1-3H3. The zero-order valence-electron chi connectivity index (χ0n) is 16.2. The second kappa shape index (κ2) is 10.7. The molecule has 1 saturated carbocycles. The largest absolute Gasteiger partial charge is 0.409 e. The predicted molar refractivity (Wildman–Crippen MR) is 117 cm³/mol. The minimum absolute atomic E-state index is 0.125. The van der Waals surface area contributed by atoms with E-state index in [4.69, 9.17) is 39.2 Å². The molecule has 0 aliphatic heterocycles. The fourth-order valence-electron chi connectivity index (χ4n) is 4.00. The van der Waals surface area contributed by atoms with Gasteiger partial charge in [-0.25, -0.2) is 0 Å². The van der Waals surface area contributed by atoms with E-state index < -0.39 is 8.32 Å². The number of benzene rings is 1. The van der Waals surface area contributed by atoms with Crippen molar-refractivity contribution in [2.24, 2.45) is 5.92 Å². The van der Waals surface area contributed by atoms with Gasteiger partial charge in [0.15, 0.2) is 8.32 Å². The minimum Gasteiger partial charge on any atom is -0.409 e. The highest BCUT2D eigenvalue weighted by Gasteiger charge is 2.34. The molecule has 0 amide bonds. The summed E-state index contributed by atoms with van der Waals surface area (Å²) in [7, 11) is -1.79. The second-order valence-electron chi connectivity index (χ2n) is 7.44. The topological polar surface area (TPSA) is 21.3 Å². The summed E-state index contributed by atoms with van der Waals surface area (Å²) in [6.45, 7) is 8.52. The molecule has 1 N–H and O–H groups in total. The smallest absolute Gasteiger partial charge is 0.192 e. The maximum atomic E-state index is 6.80. The Morgan fingerprint density at radius 2 is 1.58 bits per heavy atom. The van der Waals surface area contributed by atoms with Crippen molar-refractivity contribution in [3.8, 4) is 0 Å². The van der Waals surface area contributed by atoms with E-state index >= 15 is 0 Å². The van der Waals surface area contributed by atoms with Crippen LogP contribution in [0.2, 0.25) is 33.2 Å². The first kappa shape index (κ1) is 22.5. The highest BCUT2D eigenvalue weighted by atomic mass is 35.5. The van der Waals surface area contributed by atoms with E-state index in [2.05, 4.69) is 26.1 Å². The second-order valence-corrected chi connectivity index (χ2v) is 13.4. The third-order valence-corrected chi connectivity index (χ3v) is 11.4. The minimum atomic E-state index is -1.79. The highest BCUT2D eigenvalue weighted by molar-refractivity contribution is 6.73. The fourth-order valence-corrected chi connectivity index (χ4v) is 7.86. The molecular formula is C20H32Cl3NOSi. The molecule has 0 aromatic heterocycles. The van der Waals surface area contributed by atoms with Gasteiger partial charge in [-0.05, 0) is 55.6 Å². The number of halogens is 3. The Kier molecular flexibility index (Phi) is 9.25. The van der Waals surface area contributed by atoms with Crippen LogP contribution in [0.5, 0.6) is 0 Å². The Morgan fingerprint density at radius 1 is 1.04 bits per heavy atom. The molecule has 1 aromatic rings. The first-order valence-electron chi connectivity index (χ1n) is 9.97. The van der Waals surface area contributed by atoms with Crippen LogP contribution in [-0.2, 0) is 4.43 Å². The van der Waals surface area contributed by atoms with Gasteiger partial charge in [-0.15, -0.1) is 0 Å². The molecule has 148 valence electrons. The van der Waals surface area contributed by atoms with Gasteiger partial charge in [-0.2, -0.15) is 0 Å². The van der Waals surface area contributed by atoms with Gasteiger partial charge in [0, 0.05) is 27.2 Å². The van der Waals surface area contributed by atoms with E-state index in [-0.39, 0.29) is 6.10 Å². The molecule has 1 aliphatic rings. The van der Waals surface area contributed by atoms with Crippen molar-refractivity contribution in [1.82, 2.24) is 5.32 Å². The van der Waals surface area contributed by atoms with E-state index in [1.165, 1.54) is 25.7 Å². The van der Waals surface area contributed by atoms with E-state index in [0.717, 1.165) is 42.7 Å². The lowest BCUT2D eigenvalue weighted by Gasteiger charge is -2.34. The molecule has 1 unspecified atom stereocenters.